The van der Waals surface area contributed by atoms with Crippen molar-refractivity contribution < 1.29 is 28.6 Å². The monoisotopic (exact) mass is 499 g/mol. The highest BCUT2D eigenvalue weighted by Crippen LogP contribution is 2.33. The summed E-state index contributed by atoms with van der Waals surface area (Å²) in [6.45, 7) is 7.20. The van der Waals surface area contributed by atoms with Crippen LogP contribution in [0.1, 0.15) is 48.1 Å². The molecule has 0 saturated carbocycles. The van der Waals surface area contributed by atoms with Gasteiger partial charge in [0, 0.05) is 37.0 Å². The van der Waals surface area contributed by atoms with Crippen LogP contribution in [-0.4, -0.2) is 49.5 Å². The van der Waals surface area contributed by atoms with Gasteiger partial charge in [-0.1, -0.05) is 0 Å². The van der Waals surface area contributed by atoms with Crippen LogP contribution < -0.4 is 10.5 Å². The number of rotatable bonds is 7. The van der Waals surface area contributed by atoms with Crippen LogP contribution in [0.5, 0.6) is 5.75 Å². The molecular weight excluding hydrogens is 469 g/mol. The van der Waals surface area contributed by atoms with E-state index in [1.165, 1.54) is 11.0 Å². The first-order valence-corrected chi connectivity index (χ1v) is 11.1. The maximum atomic E-state index is 13.7. The molecule has 11 heteroatoms. The lowest BCUT2D eigenvalue weighted by molar-refractivity contribution is 0.0281. The van der Waals surface area contributed by atoms with Crippen molar-refractivity contribution in [2.24, 2.45) is 7.05 Å². The van der Waals surface area contributed by atoms with E-state index in [1.807, 2.05) is 6.92 Å². The van der Waals surface area contributed by atoms with Crippen molar-refractivity contribution in [1.29, 1.82) is 0 Å². The summed E-state index contributed by atoms with van der Waals surface area (Å²) in [6, 6.07) is 5.02. The van der Waals surface area contributed by atoms with E-state index >= 15 is 0 Å². The molecular formula is C25H30FN5O5. The Balaban J connectivity index is 1.91. The summed E-state index contributed by atoms with van der Waals surface area (Å²) in [6.07, 6.45) is 1.09. The lowest BCUT2D eigenvalue weighted by atomic mass is 10.0. The van der Waals surface area contributed by atoms with Crippen molar-refractivity contribution in [1.82, 2.24) is 19.7 Å². The van der Waals surface area contributed by atoms with Gasteiger partial charge < -0.3 is 25.2 Å². The molecule has 192 valence electrons. The third-order valence-corrected chi connectivity index (χ3v) is 5.28. The van der Waals surface area contributed by atoms with Crippen LogP contribution in [-0.2, 0) is 24.9 Å². The molecule has 3 rings (SSSR count). The zero-order valence-electron chi connectivity index (χ0n) is 21.1. The lowest BCUT2D eigenvalue weighted by Crippen LogP contribution is -2.34. The molecule has 0 bridgehead atoms. The highest BCUT2D eigenvalue weighted by atomic mass is 19.1. The topological polar surface area (TPSA) is 133 Å². The average Bonchev–Trinajstić information content (AvgIpc) is 3.04. The molecule has 0 spiro atoms. The second kappa shape index (κ2) is 10.2. The number of aryl methyl sites for hydroxylation is 2. The van der Waals surface area contributed by atoms with E-state index in [4.69, 9.17) is 15.2 Å². The number of aromatic nitrogens is 3. The third-order valence-electron chi connectivity index (χ3n) is 5.28. The number of carbonyl (C=O) groups excluding carboxylic acids is 1. The Morgan fingerprint density at radius 2 is 1.94 bits per heavy atom. The third kappa shape index (κ3) is 6.09. The Labute approximate surface area is 208 Å². The molecule has 3 aromatic rings. The molecule has 0 saturated heterocycles. The molecule has 0 atom stereocenters. The van der Waals surface area contributed by atoms with Crippen LogP contribution in [0.25, 0.3) is 11.1 Å². The van der Waals surface area contributed by atoms with Gasteiger partial charge in [-0.25, -0.2) is 19.0 Å². The number of aromatic carboxylic acids is 1. The van der Waals surface area contributed by atoms with Gasteiger partial charge >= 0.3 is 12.1 Å². The molecule has 2 aromatic heterocycles. The molecule has 0 unspecified atom stereocenters. The highest BCUT2D eigenvalue weighted by Gasteiger charge is 2.24. The van der Waals surface area contributed by atoms with Crippen LogP contribution in [0.3, 0.4) is 0 Å². The van der Waals surface area contributed by atoms with E-state index in [-0.39, 0.29) is 35.8 Å². The Bertz CT molecular complexity index is 1300. The number of carboxylic acid groups (broad SMARTS) is 1. The van der Waals surface area contributed by atoms with E-state index in [0.717, 1.165) is 23.4 Å². The number of nitrogens with two attached hydrogens (primary N) is 1. The van der Waals surface area contributed by atoms with Crippen LogP contribution in [0.15, 0.2) is 30.5 Å². The highest BCUT2D eigenvalue weighted by molar-refractivity contribution is 5.89. The zero-order valence-corrected chi connectivity index (χ0v) is 21.1. The summed E-state index contributed by atoms with van der Waals surface area (Å²) >= 11 is 0. The van der Waals surface area contributed by atoms with E-state index in [2.05, 4.69) is 10.1 Å². The zero-order chi connectivity index (χ0) is 26.8. The predicted octanol–water partition coefficient (Wildman–Crippen LogP) is 4.16. The largest absolute Gasteiger partial charge is 0.485 e. The maximum Gasteiger partial charge on any atom is 0.410 e. The number of nitrogen functional groups attached to an aromatic ring is 1. The molecule has 0 radical (unpaired) electrons. The first kappa shape index (κ1) is 26.5. The lowest BCUT2D eigenvalue weighted by Gasteiger charge is -2.25. The molecule has 10 nitrogen and oxygen atoms in total. The number of pyridine rings is 1. The number of halogens is 1. The first-order chi connectivity index (χ1) is 16.8. The van der Waals surface area contributed by atoms with Gasteiger partial charge in [0.2, 0.25) is 0 Å². The van der Waals surface area contributed by atoms with Crippen molar-refractivity contribution in [3.8, 4) is 16.9 Å². The molecule has 36 heavy (non-hydrogen) atoms. The van der Waals surface area contributed by atoms with Gasteiger partial charge in [-0.3, -0.25) is 4.68 Å². The van der Waals surface area contributed by atoms with Gasteiger partial charge in [-0.2, -0.15) is 5.10 Å². The number of anilines is 1. The number of benzene rings is 1. The van der Waals surface area contributed by atoms with Gasteiger partial charge in [0.1, 0.15) is 18.0 Å². The van der Waals surface area contributed by atoms with Crippen molar-refractivity contribution >= 4 is 17.9 Å². The molecule has 0 aliphatic carbocycles. The molecule has 2 heterocycles. The quantitative estimate of drug-likeness (QED) is 0.495. The minimum Gasteiger partial charge on any atom is -0.485 e. The summed E-state index contributed by atoms with van der Waals surface area (Å²) in [4.78, 5) is 29.6. The summed E-state index contributed by atoms with van der Waals surface area (Å²) in [5.41, 5.74) is 8.25. The molecule has 3 N–H and O–H groups in total. The van der Waals surface area contributed by atoms with Gasteiger partial charge in [0.15, 0.2) is 11.6 Å². The number of ether oxygens (including phenoxy) is 2. The van der Waals surface area contributed by atoms with Crippen molar-refractivity contribution in [3.05, 3.63) is 58.8 Å². The summed E-state index contributed by atoms with van der Waals surface area (Å²) in [7, 11) is 3.41. The Morgan fingerprint density at radius 3 is 2.58 bits per heavy atom. The average molecular weight is 500 g/mol. The van der Waals surface area contributed by atoms with Gasteiger partial charge in [0.25, 0.3) is 0 Å². The van der Waals surface area contributed by atoms with Crippen molar-refractivity contribution in [2.75, 3.05) is 12.8 Å². The van der Waals surface area contributed by atoms with Gasteiger partial charge in [0.05, 0.1) is 23.5 Å². The minimum atomic E-state index is -1.20. The standard InChI is InChI=1S/C25H30FN5O5/c1-14-21(19(31(6)29-14)12-30(5)24(34)36-25(2,3)4)15-10-20(22(27)28-11-15)35-13-16-9-17(26)7-8-18(16)23(32)33/h7-11H,12-13H2,1-6H3,(H2,27,28)(H,32,33). The second-order valence-corrected chi connectivity index (χ2v) is 9.37. The number of nitrogens with zero attached hydrogens (tertiary/aromatic N) is 4. The SMILES string of the molecule is Cc1nn(C)c(CN(C)C(=O)OC(C)(C)C)c1-c1cnc(N)c(OCc2cc(F)ccc2C(=O)O)c1. The fourth-order valence-electron chi connectivity index (χ4n) is 3.65. The van der Waals surface area contributed by atoms with E-state index < -0.39 is 23.5 Å². The van der Waals surface area contributed by atoms with Crippen LogP contribution in [0, 0.1) is 12.7 Å². The normalized spacial score (nSPS) is 11.3. The van der Waals surface area contributed by atoms with E-state index in [1.54, 1.807) is 51.8 Å². The van der Waals surface area contributed by atoms with Gasteiger partial charge in [-0.15, -0.1) is 0 Å². The fraction of sp³-hybridized carbons (Fsp3) is 0.360. The number of hydrogen-bond donors (Lipinski definition) is 2. The fourth-order valence-corrected chi connectivity index (χ4v) is 3.65. The Morgan fingerprint density at radius 1 is 1.25 bits per heavy atom. The minimum absolute atomic E-state index is 0.0744. The molecule has 0 fully saturated rings. The first-order valence-electron chi connectivity index (χ1n) is 11.1. The molecule has 0 aliphatic rings. The van der Waals surface area contributed by atoms with Crippen molar-refractivity contribution in [2.45, 2.75) is 46.4 Å². The Kier molecular flexibility index (Phi) is 7.51. The predicted molar refractivity (Wildman–Crippen MR) is 131 cm³/mol. The van der Waals surface area contributed by atoms with Crippen LogP contribution in [0.4, 0.5) is 15.0 Å². The summed E-state index contributed by atoms with van der Waals surface area (Å²) in [5.74, 6) is -1.50. The molecule has 1 aromatic carbocycles. The number of carboxylic acids is 1. The van der Waals surface area contributed by atoms with Gasteiger partial charge in [-0.05, 0) is 52.0 Å². The van der Waals surface area contributed by atoms with E-state index in [9.17, 15) is 19.1 Å². The smallest absolute Gasteiger partial charge is 0.410 e. The number of carbonyl (C=O) groups is 2. The summed E-state index contributed by atoms with van der Waals surface area (Å²) < 4.78 is 26.6. The maximum absolute atomic E-state index is 13.7. The van der Waals surface area contributed by atoms with Crippen molar-refractivity contribution in [3.63, 3.8) is 0 Å². The summed E-state index contributed by atoms with van der Waals surface area (Å²) in [5, 5.41) is 13.9. The molecule has 1 amide bonds. The Hall–Kier alpha value is -4.15. The number of hydrogen-bond acceptors (Lipinski definition) is 7. The number of amides is 1. The van der Waals surface area contributed by atoms with Crippen LogP contribution in [0.2, 0.25) is 0 Å². The van der Waals surface area contributed by atoms with Crippen LogP contribution >= 0.6 is 0 Å². The van der Waals surface area contributed by atoms with E-state index in [0.29, 0.717) is 11.3 Å². The second-order valence-electron chi connectivity index (χ2n) is 9.37. The molecule has 0 aliphatic heterocycles.